The average Bonchev–Trinajstić information content (AvgIpc) is 3.26. The van der Waals surface area contributed by atoms with Crippen molar-refractivity contribution in [2.24, 2.45) is 9.98 Å². The van der Waals surface area contributed by atoms with Gasteiger partial charge in [-0.1, -0.05) is 183 Å². The molecule has 0 radical (unpaired) electrons. The standard InChI is InChI=1S/C49H36N6S/c1-49(2)39-22-11-12-23-41(39)56-42-30-36(28-29-40(42)49)47-52-43(32-15-5-3-6-16-32)50-45(53-47)34-24-26-35(27-25-34)46-51-44(33-17-7-4-8-18-33)54-48(55-46)38-21-13-19-31-14-9-10-20-37(31)38/h3-30,44H,1-2H3,(H,51,54,55)/t44-/m1/s1. The number of fused-ring (bicyclic) bond motifs is 3. The fraction of sp³-hybridized carbons (Fsp3) is 0.0816. The first-order chi connectivity index (χ1) is 27.5. The Kier molecular flexibility index (Phi) is 8.37. The summed E-state index contributed by atoms with van der Waals surface area (Å²) >= 11 is 1.81. The lowest BCUT2D eigenvalue weighted by molar-refractivity contribution is 0.607. The van der Waals surface area contributed by atoms with E-state index in [0.717, 1.165) is 50.0 Å². The Morgan fingerprint density at radius 1 is 0.518 bits per heavy atom. The zero-order valence-electron chi connectivity index (χ0n) is 30.9. The van der Waals surface area contributed by atoms with Gasteiger partial charge >= 0.3 is 0 Å². The van der Waals surface area contributed by atoms with Crippen molar-refractivity contribution in [1.29, 1.82) is 0 Å². The van der Waals surface area contributed by atoms with E-state index < -0.39 is 0 Å². The fourth-order valence-electron chi connectivity index (χ4n) is 7.67. The number of aromatic nitrogens is 3. The summed E-state index contributed by atoms with van der Waals surface area (Å²) in [6.07, 6.45) is -0.300. The van der Waals surface area contributed by atoms with Crippen LogP contribution in [0.4, 0.5) is 0 Å². The molecule has 8 aromatic rings. The van der Waals surface area contributed by atoms with E-state index in [1.54, 1.807) is 0 Å². The van der Waals surface area contributed by atoms with E-state index in [-0.39, 0.29) is 11.6 Å². The van der Waals surface area contributed by atoms with Gasteiger partial charge in [-0.25, -0.2) is 24.9 Å². The van der Waals surface area contributed by atoms with E-state index in [0.29, 0.717) is 23.3 Å². The van der Waals surface area contributed by atoms with Gasteiger partial charge in [0.1, 0.15) is 12.0 Å². The Morgan fingerprint density at radius 2 is 1.11 bits per heavy atom. The van der Waals surface area contributed by atoms with Crippen LogP contribution < -0.4 is 5.32 Å². The second-order valence-electron chi connectivity index (χ2n) is 14.6. The Morgan fingerprint density at radius 3 is 1.89 bits per heavy atom. The molecule has 10 rings (SSSR count). The maximum Gasteiger partial charge on any atom is 0.164 e. The lowest BCUT2D eigenvalue weighted by Crippen LogP contribution is -2.33. The van der Waals surface area contributed by atoms with E-state index in [1.165, 1.54) is 20.9 Å². The summed E-state index contributed by atoms with van der Waals surface area (Å²) < 4.78 is 0. The minimum atomic E-state index is -0.300. The van der Waals surface area contributed by atoms with Crippen molar-refractivity contribution in [2.45, 2.75) is 35.2 Å². The van der Waals surface area contributed by atoms with Crippen molar-refractivity contribution in [3.8, 4) is 34.2 Å². The molecule has 3 heterocycles. The van der Waals surface area contributed by atoms with Crippen molar-refractivity contribution in [3.63, 3.8) is 0 Å². The molecule has 0 saturated carbocycles. The smallest absolute Gasteiger partial charge is 0.164 e. The summed E-state index contributed by atoms with van der Waals surface area (Å²) in [5.74, 6) is 3.32. The van der Waals surface area contributed by atoms with Gasteiger partial charge in [-0.15, -0.1) is 0 Å². The van der Waals surface area contributed by atoms with Crippen LogP contribution in [0.15, 0.2) is 190 Å². The Hall–Kier alpha value is -6.70. The van der Waals surface area contributed by atoms with Gasteiger partial charge < -0.3 is 5.32 Å². The van der Waals surface area contributed by atoms with Crippen molar-refractivity contribution in [2.75, 3.05) is 0 Å². The maximum absolute atomic E-state index is 5.13. The summed E-state index contributed by atoms with van der Waals surface area (Å²) in [6, 6.07) is 58.7. The molecule has 268 valence electrons. The molecule has 1 aromatic heterocycles. The quantitative estimate of drug-likeness (QED) is 0.184. The molecule has 6 nitrogen and oxygen atoms in total. The molecule has 1 atom stereocenters. The number of nitrogens with zero attached hydrogens (tertiary/aromatic N) is 5. The van der Waals surface area contributed by atoms with Gasteiger partial charge in [-0.3, -0.25) is 0 Å². The first-order valence-corrected chi connectivity index (χ1v) is 19.6. The van der Waals surface area contributed by atoms with Gasteiger partial charge in [0.15, 0.2) is 23.3 Å². The highest BCUT2D eigenvalue weighted by Crippen LogP contribution is 2.49. The van der Waals surface area contributed by atoms with Gasteiger partial charge in [0.05, 0.1) is 0 Å². The van der Waals surface area contributed by atoms with Crippen LogP contribution in [-0.4, -0.2) is 26.6 Å². The molecule has 1 N–H and O–H groups in total. The lowest BCUT2D eigenvalue weighted by atomic mass is 9.77. The van der Waals surface area contributed by atoms with E-state index >= 15 is 0 Å². The molecule has 2 aliphatic rings. The van der Waals surface area contributed by atoms with Crippen LogP contribution in [0.25, 0.3) is 44.9 Å². The molecule has 0 unspecified atom stereocenters. The third-order valence-electron chi connectivity index (χ3n) is 10.7. The van der Waals surface area contributed by atoms with Crippen LogP contribution in [0.3, 0.4) is 0 Å². The third kappa shape index (κ3) is 6.16. The Balaban J connectivity index is 1.04. The van der Waals surface area contributed by atoms with Crippen LogP contribution >= 0.6 is 11.8 Å². The number of benzene rings is 7. The molecular weight excluding hydrogens is 705 g/mol. The Labute approximate surface area is 330 Å². The van der Waals surface area contributed by atoms with E-state index in [2.05, 4.69) is 140 Å². The van der Waals surface area contributed by atoms with Crippen LogP contribution in [0.1, 0.15) is 47.8 Å². The molecule has 0 aliphatic carbocycles. The van der Waals surface area contributed by atoms with Gasteiger partial charge in [0.25, 0.3) is 0 Å². The molecule has 0 spiro atoms. The number of aliphatic imine (C=N–C) groups is 2. The van der Waals surface area contributed by atoms with Crippen molar-refractivity contribution in [3.05, 3.63) is 198 Å². The molecule has 0 amide bonds. The second kappa shape index (κ2) is 13.9. The second-order valence-corrected chi connectivity index (χ2v) is 15.7. The fourth-order valence-corrected chi connectivity index (χ4v) is 9.10. The van der Waals surface area contributed by atoms with Crippen LogP contribution in [-0.2, 0) is 5.41 Å². The van der Waals surface area contributed by atoms with Crippen molar-refractivity contribution >= 4 is 34.2 Å². The lowest BCUT2D eigenvalue weighted by Gasteiger charge is -2.34. The topological polar surface area (TPSA) is 75.4 Å². The van der Waals surface area contributed by atoms with E-state index in [9.17, 15) is 0 Å². The summed E-state index contributed by atoms with van der Waals surface area (Å²) in [4.78, 5) is 27.9. The third-order valence-corrected chi connectivity index (χ3v) is 11.8. The minimum Gasteiger partial charge on any atom is -0.344 e. The van der Waals surface area contributed by atoms with E-state index in [4.69, 9.17) is 24.9 Å². The summed E-state index contributed by atoms with van der Waals surface area (Å²) in [5.41, 5.74) is 8.32. The number of hydrogen-bond donors (Lipinski definition) is 1. The number of amidine groups is 2. The van der Waals surface area contributed by atoms with Crippen molar-refractivity contribution in [1.82, 2.24) is 20.3 Å². The maximum atomic E-state index is 5.13. The monoisotopic (exact) mass is 740 g/mol. The van der Waals surface area contributed by atoms with Crippen molar-refractivity contribution < 1.29 is 0 Å². The zero-order valence-corrected chi connectivity index (χ0v) is 31.7. The number of hydrogen-bond acceptors (Lipinski definition) is 7. The molecule has 0 saturated heterocycles. The van der Waals surface area contributed by atoms with Gasteiger partial charge in [-0.05, 0) is 39.6 Å². The molecular formula is C49H36N6S. The predicted molar refractivity (Wildman–Crippen MR) is 228 cm³/mol. The van der Waals surface area contributed by atoms with Gasteiger partial charge in [0, 0.05) is 43.0 Å². The summed E-state index contributed by atoms with van der Waals surface area (Å²) in [7, 11) is 0. The summed E-state index contributed by atoms with van der Waals surface area (Å²) in [6.45, 7) is 4.60. The SMILES string of the molecule is CC1(C)c2ccccc2Sc2cc(-c3nc(-c4ccccc4)nc(-c4ccc(C5=NC(c6cccc7ccccc67)=N[C@H](c6ccccc6)N5)cc4)n3)ccc21. The number of nitrogens with one attached hydrogen (secondary N) is 1. The molecule has 0 bridgehead atoms. The molecule has 7 aromatic carbocycles. The largest absolute Gasteiger partial charge is 0.344 e. The zero-order chi connectivity index (χ0) is 37.6. The van der Waals surface area contributed by atoms with E-state index in [1.807, 2.05) is 60.3 Å². The minimum absolute atomic E-state index is 0.114. The first kappa shape index (κ1) is 33.8. The summed E-state index contributed by atoms with van der Waals surface area (Å²) in [5, 5.41) is 5.88. The Bertz CT molecular complexity index is 2830. The number of rotatable bonds is 6. The molecule has 2 aliphatic heterocycles. The van der Waals surface area contributed by atoms with Gasteiger partial charge in [0.2, 0.25) is 0 Å². The highest BCUT2D eigenvalue weighted by molar-refractivity contribution is 7.99. The van der Waals surface area contributed by atoms with Crippen LogP contribution in [0.2, 0.25) is 0 Å². The highest BCUT2D eigenvalue weighted by Gasteiger charge is 2.33. The molecule has 7 heteroatoms. The molecule has 0 fully saturated rings. The van der Waals surface area contributed by atoms with Crippen LogP contribution in [0.5, 0.6) is 0 Å². The van der Waals surface area contributed by atoms with Gasteiger partial charge in [-0.2, -0.15) is 0 Å². The predicted octanol–water partition coefficient (Wildman–Crippen LogP) is 11.3. The van der Waals surface area contributed by atoms with Crippen LogP contribution in [0, 0.1) is 0 Å². The average molecular weight is 741 g/mol. The highest BCUT2D eigenvalue weighted by atomic mass is 32.2. The first-order valence-electron chi connectivity index (χ1n) is 18.8. The molecule has 56 heavy (non-hydrogen) atoms. The normalized spacial score (nSPS) is 15.6.